The van der Waals surface area contributed by atoms with Crippen LogP contribution in [0.3, 0.4) is 0 Å². The third-order valence-corrected chi connectivity index (χ3v) is 0.414. The van der Waals surface area contributed by atoms with Crippen LogP contribution in [-0.2, 0) is 0 Å². The first-order chi connectivity index (χ1) is 2.41. The maximum Gasteiger partial charge on any atom is 0.114 e. The molecule has 0 aromatic heterocycles. The number of hydrogen-bond acceptors (Lipinski definition) is 1. The van der Waals surface area contributed by atoms with Gasteiger partial charge in [-0.05, 0) is 0 Å². The van der Waals surface area contributed by atoms with E-state index in [0.717, 1.165) is 5.67 Å². The summed E-state index contributed by atoms with van der Waals surface area (Å²) in [6, 6.07) is 0.253. The van der Waals surface area contributed by atoms with Crippen molar-refractivity contribution < 1.29 is 0 Å². The molecular weight excluding hydrogens is 109 g/mol. The van der Waals surface area contributed by atoms with Crippen LogP contribution in [0.5, 0.6) is 0 Å². The average molecular weight is 112 g/mol. The maximum atomic E-state index is 5.02. The third kappa shape index (κ3) is 4.25. The maximum absolute atomic E-state index is 5.02. The lowest BCUT2D eigenvalue weighted by molar-refractivity contribution is 1.40. The summed E-state index contributed by atoms with van der Waals surface area (Å²) in [5, 5.41) is 0. The molecule has 0 saturated heterocycles. The summed E-state index contributed by atoms with van der Waals surface area (Å²) in [6.45, 7) is 0. The largest absolute Gasteiger partial charge is 0.265 e. The minimum atomic E-state index is 0.253. The second kappa shape index (κ2) is 4.25. The van der Waals surface area contributed by atoms with Crippen LogP contribution in [0.25, 0.3) is 0 Å². The topological polar surface area (TPSA) is 12.4 Å². The Morgan fingerprint density at radius 1 is 1.80 bits per heavy atom. The van der Waals surface area contributed by atoms with E-state index in [1.807, 2.05) is 0 Å². The van der Waals surface area contributed by atoms with E-state index in [1.54, 1.807) is 0 Å². The van der Waals surface area contributed by atoms with E-state index in [2.05, 4.69) is 4.99 Å². The van der Waals surface area contributed by atoms with E-state index in [1.165, 1.54) is 0 Å². The van der Waals surface area contributed by atoms with Crippen molar-refractivity contribution in [3.63, 3.8) is 0 Å². The Hall–Kier alpha value is 0.250. The van der Waals surface area contributed by atoms with Gasteiger partial charge in [-0.2, -0.15) is 0 Å². The fraction of sp³-hybridized carbons (Fsp3) is 0.500. The monoisotopic (exact) mass is 111 g/mol. The Labute approximate surface area is 40.6 Å². The molecule has 0 aromatic carbocycles. The Morgan fingerprint density at radius 2 is 2.40 bits per heavy atom. The summed E-state index contributed by atoms with van der Waals surface area (Å²) in [5.74, 6) is 0. The van der Waals surface area contributed by atoms with Gasteiger partial charge in [-0.15, -0.1) is 11.6 Å². The van der Waals surface area contributed by atoms with Crippen LogP contribution in [0.2, 0.25) is 0 Å². The van der Waals surface area contributed by atoms with Crippen LogP contribution >= 0.6 is 23.2 Å². The van der Waals surface area contributed by atoms with Gasteiger partial charge in [0.1, 0.15) is 6.00 Å². The molecule has 1 nitrogen and oxygen atoms in total. The van der Waals surface area contributed by atoms with E-state index in [-0.39, 0.29) is 6.00 Å². The molecule has 5 heavy (non-hydrogen) atoms. The Kier molecular flexibility index (Phi) is 4.46. The van der Waals surface area contributed by atoms with Gasteiger partial charge in [-0.1, -0.05) is 11.6 Å². The molecule has 0 saturated carbocycles. The second-order valence-electron chi connectivity index (χ2n) is 0.400. The van der Waals surface area contributed by atoms with E-state index < -0.39 is 0 Å². The Morgan fingerprint density at radius 3 is 2.40 bits per heavy atom. The lowest BCUT2D eigenvalue weighted by Gasteiger charge is -1.64. The highest BCUT2D eigenvalue weighted by Gasteiger charge is 1.55. The molecule has 0 unspecified atom stereocenters. The molecule has 0 spiro atoms. The standard InChI is InChI=1S/C2H3Cl2N/c3-1-5-2-4/h1H,2H2/b5-1+. The zero-order valence-electron chi connectivity index (χ0n) is 2.49. The normalized spacial score (nSPS) is 10.0. The summed E-state index contributed by atoms with van der Waals surface area (Å²) < 4.78 is 0. The van der Waals surface area contributed by atoms with Gasteiger partial charge in [0.05, 0.1) is 5.67 Å². The van der Waals surface area contributed by atoms with E-state index in [9.17, 15) is 0 Å². The molecule has 30 valence electrons. The highest BCUT2D eigenvalue weighted by atomic mass is 35.5. The summed E-state index contributed by atoms with van der Waals surface area (Å²) in [7, 11) is 0. The van der Waals surface area contributed by atoms with Crippen molar-refractivity contribution in [3.8, 4) is 0 Å². The molecular formula is C2H3Cl2N. The molecule has 3 heteroatoms. The zero-order chi connectivity index (χ0) is 4.12. The molecule has 0 aromatic rings. The van der Waals surface area contributed by atoms with Crippen LogP contribution in [-0.4, -0.2) is 11.7 Å². The molecule has 0 N–H and O–H groups in total. The van der Waals surface area contributed by atoms with Crippen molar-refractivity contribution in [3.05, 3.63) is 0 Å². The highest BCUT2D eigenvalue weighted by molar-refractivity contribution is 6.56. The second-order valence-corrected chi connectivity index (χ2v) is 0.834. The Bertz CT molecular complexity index is 34.6. The SMILES string of the molecule is Cl/C=N/CCl. The summed E-state index contributed by atoms with van der Waals surface area (Å²) in [5.41, 5.74) is 1.15. The molecule has 0 fully saturated rings. The molecule has 0 amide bonds. The van der Waals surface area contributed by atoms with Crippen LogP contribution in [0.15, 0.2) is 4.99 Å². The van der Waals surface area contributed by atoms with Gasteiger partial charge < -0.3 is 0 Å². The lowest BCUT2D eigenvalue weighted by Crippen LogP contribution is -1.54. The number of rotatable bonds is 1. The highest BCUT2D eigenvalue weighted by Crippen LogP contribution is 1.72. The van der Waals surface area contributed by atoms with E-state index >= 15 is 0 Å². The number of hydrogen-bond donors (Lipinski definition) is 0. The zero-order valence-corrected chi connectivity index (χ0v) is 4.00. The molecule has 0 atom stereocenters. The van der Waals surface area contributed by atoms with Crippen molar-refractivity contribution in [1.82, 2.24) is 0 Å². The van der Waals surface area contributed by atoms with Crippen LogP contribution in [0.4, 0.5) is 0 Å². The van der Waals surface area contributed by atoms with E-state index in [4.69, 9.17) is 23.2 Å². The van der Waals surface area contributed by atoms with Gasteiger partial charge in [0.2, 0.25) is 0 Å². The first-order valence-electron chi connectivity index (χ1n) is 1.06. The Balaban J connectivity index is 2.62. The van der Waals surface area contributed by atoms with Gasteiger partial charge in [0, 0.05) is 0 Å². The molecule has 0 bridgehead atoms. The molecule has 0 aliphatic carbocycles. The molecule has 0 radical (unpaired) electrons. The van der Waals surface area contributed by atoms with Crippen LogP contribution in [0.1, 0.15) is 0 Å². The smallest absolute Gasteiger partial charge is 0.114 e. The minimum absolute atomic E-state index is 0.253. The number of aliphatic imine (C=N–C) groups is 1. The van der Waals surface area contributed by atoms with Crippen molar-refractivity contribution in [2.24, 2.45) is 4.99 Å². The van der Waals surface area contributed by atoms with E-state index in [0.29, 0.717) is 0 Å². The molecule has 0 aliphatic heterocycles. The lowest BCUT2D eigenvalue weighted by atomic mass is 11.4. The molecule has 0 rings (SSSR count). The van der Waals surface area contributed by atoms with Gasteiger partial charge in [0.15, 0.2) is 0 Å². The predicted molar refractivity (Wildman–Crippen MR) is 25.1 cm³/mol. The number of halogens is 2. The average Bonchev–Trinajstić information content (AvgIpc) is 1.41. The molecule has 0 aliphatic rings. The van der Waals surface area contributed by atoms with Crippen LogP contribution in [0, 0.1) is 0 Å². The third-order valence-electron chi connectivity index (χ3n) is 0.138. The fourth-order valence-corrected chi connectivity index (χ4v) is 0.235. The van der Waals surface area contributed by atoms with Crippen molar-refractivity contribution in [2.45, 2.75) is 0 Å². The summed E-state index contributed by atoms with van der Waals surface area (Å²) in [6.07, 6.45) is 0. The van der Waals surface area contributed by atoms with Gasteiger partial charge in [-0.3, -0.25) is 4.99 Å². The van der Waals surface area contributed by atoms with Crippen molar-refractivity contribution in [1.29, 1.82) is 0 Å². The summed E-state index contributed by atoms with van der Waals surface area (Å²) >= 11 is 9.94. The minimum Gasteiger partial charge on any atom is -0.265 e. The molecule has 0 heterocycles. The van der Waals surface area contributed by atoms with Crippen molar-refractivity contribution in [2.75, 3.05) is 6.00 Å². The van der Waals surface area contributed by atoms with Gasteiger partial charge in [-0.25, -0.2) is 0 Å². The fourth-order valence-electron chi connectivity index (χ4n) is 0.0261. The van der Waals surface area contributed by atoms with Gasteiger partial charge in [0.25, 0.3) is 0 Å². The van der Waals surface area contributed by atoms with Crippen molar-refractivity contribution >= 4 is 28.9 Å². The number of alkyl halides is 1. The first-order valence-corrected chi connectivity index (χ1v) is 2.03. The predicted octanol–water partition coefficient (Wildman–Crippen LogP) is 1.45. The summed E-state index contributed by atoms with van der Waals surface area (Å²) in [4.78, 5) is 3.38. The van der Waals surface area contributed by atoms with Crippen LogP contribution < -0.4 is 0 Å². The van der Waals surface area contributed by atoms with Gasteiger partial charge >= 0.3 is 0 Å². The quantitative estimate of drug-likeness (QED) is 0.276. The number of nitrogens with zero attached hydrogens (tertiary/aromatic N) is 1. The first kappa shape index (κ1) is 5.25.